The van der Waals surface area contributed by atoms with Crippen LogP contribution in [0.2, 0.25) is 0 Å². The van der Waals surface area contributed by atoms with Crippen molar-refractivity contribution in [1.82, 2.24) is 19.8 Å². The molecule has 0 amide bonds. The minimum absolute atomic E-state index is 0.101. The molecule has 1 fully saturated rings. The normalized spacial score (nSPS) is 19.1. The molecular formula is C17H34F3N5O2S. The molecule has 0 saturated carbocycles. The number of likely N-dealkylation sites (N-methyl/N-ethyl adjacent to an activating group) is 1. The van der Waals surface area contributed by atoms with E-state index in [9.17, 15) is 21.6 Å². The van der Waals surface area contributed by atoms with Crippen molar-refractivity contribution >= 4 is 16.0 Å². The minimum atomic E-state index is -5.23. The number of hydrogen-bond donors (Lipinski definition) is 2. The Hall–Kier alpha value is -1.07. The van der Waals surface area contributed by atoms with E-state index in [1.54, 1.807) is 0 Å². The van der Waals surface area contributed by atoms with Crippen molar-refractivity contribution in [3.8, 4) is 0 Å². The number of piperidine rings is 1. The maximum absolute atomic E-state index is 12.6. The summed E-state index contributed by atoms with van der Waals surface area (Å²) in [5.41, 5.74) is -5.23. The van der Waals surface area contributed by atoms with Crippen LogP contribution in [0.5, 0.6) is 0 Å². The number of halogens is 3. The summed E-state index contributed by atoms with van der Waals surface area (Å²) in [6, 6.07) is 0.307. The van der Waals surface area contributed by atoms with Gasteiger partial charge in [0.2, 0.25) is 0 Å². The lowest BCUT2D eigenvalue weighted by Crippen LogP contribution is -2.47. The van der Waals surface area contributed by atoms with E-state index in [1.807, 2.05) is 6.92 Å². The Morgan fingerprint density at radius 2 is 1.75 bits per heavy atom. The average molecular weight is 430 g/mol. The fraction of sp³-hybridized carbons (Fsp3) is 0.941. The Labute approximate surface area is 166 Å². The predicted octanol–water partition coefficient (Wildman–Crippen LogP) is 1.83. The van der Waals surface area contributed by atoms with Crippen LogP contribution in [0.4, 0.5) is 13.2 Å². The number of sulfonamides is 1. The fourth-order valence-electron chi connectivity index (χ4n) is 3.27. The van der Waals surface area contributed by atoms with Gasteiger partial charge in [0.1, 0.15) is 0 Å². The summed E-state index contributed by atoms with van der Waals surface area (Å²) in [5.74, 6) is 0.774. The highest BCUT2D eigenvalue weighted by Gasteiger charge is 2.50. The molecule has 0 bridgehead atoms. The van der Waals surface area contributed by atoms with Crippen LogP contribution < -0.4 is 10.6 Å². The summed E-state index contributed by atoms with van der Waals surface area (Å²) in [6.07, 6.45) is 0.773. The Morgan fingerprint density at radius 3 is 2.21 bits per heavy atom. The van der Waals surface area contributed by atoms with Crippen LogP contribution in [0.15, 0.2) is 4.99 Å². The van der Waals surface area contributed by atoms with E-state index < -0.39 is 15.5 Å². The third-order valence-corrected chi connectivity index (χ3v) is 6.69. The number of alkyl halides is 3. The molecule has 28 heavy (non-hydrogen) atoms. The highest BCUT2D eigenvalue weighted by atomic mass is 32.2. The summed E-state index contributed by atoms with van der Waals surface area (Å²) < 4.78 is 61.4. The SMILES string of the molecule is CCNC(=NCC(C)N(CC)CC)NCC1CCN(S(=O)(=O)C(F)(F)F)CC1. The van der Waals surface area contributed by atoms with Crippen LogP contribution >= 0.6 is 0 Å². The van der Waals surface area contributed by atoms with Gasteiger partial charge in [-0.05, 0) is 45.7 Å². The maximum Gasteiger partial charge on any atom is 0.511 e. The lowest BCUT2D eigenvalue weighted by atomic mass is 9.98. The number of guanidine groups is 1. The van der Waals surface area contributed by atoms with Gasteiger partial charge in [-0.1, -0.05) is 13.8 Å². The highest BCUT2D eigenvalue weighted by Crippen LogP contribution is 2.30. The monoisotopic (exact) mass is 429 g/mol. The molecule has 0 aromatic carbocycles. The van der Waals surface area contributed by atoms with E-state index in [-0.39, 0.29) is 19.0 Å². The number of nitrogens with one attached hydrogen (secondary N) is 2. The number of nitrogens with zero attached hydrogens (tertiary/aromatic N) is 3. The number of hydrogen-bond acceptors (Lipinski definition) is 4. The lowest BCUT2D eigenvalue weighted by molar-refractivity contribution is -0.0496. The van der Waals surface area contributed by atoms with Crippen molar-refractivity contribution in [1.29, 1.82) is 0 Å². The van der Waals surface area contributed by atoms with Crippen molar-refractivity contribution in [2.45, 2.75) is 52.1 Å². The molecule has 11 heteroatoms. The Bertz CT molecular complexity index is 586. The molecule has 0 aromatic heterocycles. The van der Waals surface area contributed by atoms with Crippen molar-refractivity contribution in [2.24, 2.45) is 10.9 Å². The largest absolute Gasteiger partial charge is 0.511 e. The van der Waals surface area contributed by atoms with Gasteiger partial charge in [-0.15, -0.1) is 0 Å². The van der Waals surface area contributed by atoms with Gasteiger partial charge in [0.05, 0.1) is 6.54 Å². The molecule has 0 aliphatic carbocycles. The van der Waals surface area contributed by atoms with Gasteiger partial charge in [0.25, 0.3) is 0 Å². The molecule has 0 spiro atoms. The standard InChI is InChI=1S/C17H34F3N5O2S/c1-5-21-16(22-12-14(4)24(6-2)7-3)23-13-15-8-10-25(11-9-15)28(26,27)17(18,19)20/h14-15H,5-13H2,1-4H3,(H2,21,22,23). The summed E-state index contributed by atoms with van der Waals surface area (Å²) in [5, 5.41) is 6.41. The van der Waals surface area contributed by atoms with Crippen molar-refractivity contribution in [2.75, 3.05) is 45.8 Å². The zero-order chi connectivity index (χ0) is 21.4. The first-order valence-corrected chi connectivity index (χ1v) is 11.3. The number of rotatable bonds is 9. The topological polar surface area (TPSA) is 77.0 Å². The van der Waals surface area contributed by atoms with Crippen LogP contribution in [0.1, 0.15) is 40.5 Å². The molecule has 1 aliphatic rings. The van der Waals surface area contributed by atoms with Crippen molar-refractivity contribution in [3.63, 3.8) is 0 Å². The van der Waals surface area contributed by atoms with E-state index >= 15 is 0 Å². The van der Waals surface area contributed by atoms with Crippen LogP contribution in [-0.2, 0) is 10.0 Å². The van der Waals surface area contributed by atoms with E-state index in [0.717, 1.165) is 13.1 Å². The number of aliphatic imine (C=N–C) groups is 1. The van der Waals surface area contributed by atoms with Crippen LogP contribution in [0.25, 0.3) is 0 Å². The van der Waals surface area contributed by atoms with Gasteiger partial charge in [-0.3, -0.25) is 9.89 Å². The lowest BCUT2D eigenvalue weighted by Gasteiger charge is -2.31. The smallest absolute Gasteiger partial charge is 0.357 e. The molecule has 1 unspecified atom stereocenters. The predicted molar refractivity (Wildman–Crippen MR) is 106 cm³/mol. The molecule has 0 aromatic rings. The maximum atomic E-state index is 12.6. The van der Waals surface area contributed by atoms with Gasteiger partial charge in [-0.2, -0.15) is 17.5 Å². The summed E-state index contributed by atoms with van der Waals surface area (Å²) >= 11 is 0. The van der Waals surface area contributed by atoms with Gasteiger partial charge >= 0.3 is 15.5 Å². The quantitative estimate of drug-likeness (QED) is 0.432. The molecule has 7 nitrogen and oxygen atoms in total. The third kappa shape index (κ3) is 7.07. The van der Waals surface area contributed by atoms with Crippen molar-refractivity contribution in [3.05, 3.63) is 0 Å². The third-order valence-electron chi connectivity index (χ3n) is 5.06. The molecule has 0 radical (unpaired) electrons. The second-order valence-corrected chi connectivity index (χ2v) is 8.89. The van der Waals surface area contributed by atoms with Gasteiger partial charge in [-0.25, -0.2) is 8.42 Å². The highest BCUT2D eigenvalue weighted by molar-refractivity contribution is 7.90. The zero-order valence-electron chi connectivity index (χ0n) is 17.2. The first-order valence-electron chi connectivity index (χ1n) is 9.89. The van der Waals surface area contributed by atoms with Crippen molar-refractivity contribution < 1.29 is 21.6 Å². The summed E-state index contributed by atoms with van der Waals surface area (Å²) in [6.45, 7) is 11.9. The van der Waals surface area contributed by atoms with E-state index in [1.165, 1.54) is 0 Å². The summed E-state index contributed by atoms with van der Waals surface area (Å²) in [4.78, 5) is 6.91. The van der Waals surface area contributed by atoms with Crippen LogP contribution in [0.3, 0.4) is 0 Å². The Kier molecular flexibility index (Phi) is 9.99. The molecular weight excluding hydrogens is 395 g/mol. The summed E-state index contributed by atoms with van der Waals surface area (Å²) in [7, 11) is -5.22. The Morgan fingerprint density at radius 1 is 1.18 bits per heavy atom. The first-order chi connectivity index (χ1) is 13.1. The Balaban J connectivity index is 2.54. The van der Waals surface area contributed by atoms with E-state index in [4.69, 9.17) is 0 Å². The molecule has 1 aliphatic heterocycles. The second kappa shape index (κ2) is 11.2. The second-order valence-electron chi connectivity index (χ2n) is 6.96. The molecule has 1 heterocycles. The average Bonchev–Trinajstić information content (AvgIpc) is 2.64. The van der Waals surface area contributed by atoms with Gasteiger partial charge < -0.3 is 10.6 Å². The minimum Gasteiger partial charge on any atom is -0.357 e. The molecule has 1 saturated heterocycles. The van der Waals surface area contributed by atoms with Crippen LogP contribution in [-0.4, -0.2) is 80.9 Å². The van der Waals surface area contributed by atoms with E-state index in [2.05, 4.69) is 41.3 Å². The van der Waals surface area contributed by atoms with Crippen LogP contribution in [0, 0.1) is 5.92 Å². The first kappa shape index (κ1) is 25.0. The molecule has 1 rings (SSSR count). The zero-order valence-corrected chi connectivity index (χ0v) is 18.0. The fourth-order valence-corrected chi connectivity index (χ4v) is 4.25. The van der Waals surface area contributed by atoms with E-state index in [0.29, 0.717) is 48.8 Å². The van der Waals surface area contributed by atoms with Gasteiger partial charge in [0, 0.05) is 32.2 Å². The molecule has 166 valence electrons. The van der Waals surface area contributed by atoms with Gasteiger partial charge in [0.15, 0.2) is 5.96 Å². The molecule has 2 N–H and O–H groups in total. The molecule has 1 atom stereocenters.